The maximum Gasteiger partial charge on any atom is 0.416 e. The van der Waals surface area contributed by atoms with Gasteiger partial charge in [0.1, 0.15) is 0 Å². The molecule has 0 bridgehead atoms. The number of nitrogens with two attached hydrogens (primary N) is 1. The highest BCUT2D eigenvalue weighted by molar-refractivity contribution is 5.98. The molecule has 5 heteroatoms. The molecule has 0 amide bonds. The first kappa shape index (κ1) is 15.0. The maximum atomic E-state index is 12.6. The van der Waals surface area contributed by atoms with Crippen LogP contribution in [0.25, 0.3) is 0 Å². The van der Waals surface area contributed by atoms with Crippen LogP contribution in [0.5, 0.6) is 0 Å². The summed E-state index contributed by atoms with van der Waals surface area (Å²) in [5.74, 6) is -0.110. The van der Waals surface area contributed by atoms with Crippen LogP contribution in [0.4, 0.5) is 13.2 Å². The van der Waals surface area contributed by atoms with E-state index in [1.807, 2.05) is 0 Å². The van der Waals surface area contributed by atoms with E-state index in [9.17, 15) is 18.0 Å². The van der Waals surface area contributed by atoms with Crippen LogP contribution in [0.15, 0.2) is 18.2 Å². The summed E-state index contributed by atoms with van der Waals surface area (Å²) in [6, 6.07) is 3.28. The largest absolute Gasteiger partial charge is 0.416 e. The van der Waals surface area contributed by atoms with E-state index in [2.05, 4.69) is 0 Å². The molecule has 1 saturated carbocycles. The highest BCUT2D eigenvalue weighted by Gasteiger charge is 2.38. The number of hydrogen-bond donors (Lipinski definition) is 1. The van der Waals surface area contributed by atoms with Crippen molar-refractivity contribution < 1.29 is 18.0 Å². The quantitative estimate of drug-likeness (QED) is 0.857. The second-order valence-electron chi connectivity index (χ2n) is 5.69. The van der Waals surface area contributed by atoms with E-state index in [0.717, 1.165) is 31.4 Å². The van der Waals surface area contributed by atoms with E-state index in [1.165, 1.54) is 6.07 Å². The third-order valence-electron chi connectivity index (χ3n) is 4.24. The minimum Gasteiger partial charge on any atom is -0.330 e. The molecule has 110 valence electrons. The van der Waals surface area contributed by atoms with Gasteiger partial charge in [0, 0.05) is 12.0 Å². The minimum atomic E-state index is -4.38. The summed E-state index contributed by atoms with van der Waals surface area (Å²) in [4.78, 5) is 12.3. The van der Waals surface area contributed by atoms with Crippen LogP contribution in [0.2, 0.25) is 0 Å². The number of hydrogen-bond acceptors (Lipinski definition) is 2. The van der Waals surface area contributed by atoms with Crippen molar-refractivity contribution in [3.8, 4) is 0 Å². The van der Waals surface area contributed by atoms with E-state index in [-0.39, 0.29) is 11.2 Å². The Labute approximate surface area is 116 Å². The first-order valence-electron chi connectivity index (χ1n) is 6.69. The van der Waals surface area contributed by atoms with Crippen molar-refractivity contribution in [2.24, 2.45) is 11.1 Å². The molecular formula is C15H18F3NO. The van der Waals surface area contributed by atoms with Gasteiger partial charge in [-0.05, 0) is 49.4 Å². The molecule has 0 atom stereocenters. The summed E-state index contributed by atoms with van der Waals surface area (Å²) >= 11 is 0. The van der Waals surface area contributed by atoms with Crippen LogP contribution in [0.3, 0.4) is 0 Å². The number of ketones is 1. The average Bonchev–Trinajstić information content (AvgIpc) is 2.32. The molecule has 20 heavy (non-hydrogen) atoms. The van der Waals surface area contributed by atoms with Crippen LogP contribution in [0, 0.1) is 12.3 Å². The topological polar surface area (TPSA) is 43.1 Å². The number of benzene rings is 1. The van der Waals surface area contributed by atoms with Gasteiger partial charge in [0.05, 0.1) is 5.56 Å². The molecule has 0 unspecified atom stereocenters. The fraction of sp³-hybridized carbons (Fsp3) is 0.533. The normalized spacial score (nSPS) is 17.6. The van der Waals surface area contributed by atoms with Crippen LogP contribution in [0.1, 0.15) is 47.2 Å². The van der Waals surface area contributed by atoms with Crippen molar-refractivity contribution in [2.45, 2.75) is 38.8 Å². The molecule has 0 saturated heterocycles. The Kier molecular flexibility index (Phi) is 3.91. The summed E-state index contributed by atoms with van der Waals surface area (Å²) in [5.41, 5.74) is 5.61. The SMILES string of the molecule is Cc1cc(C(F)(F)F)ccc1C(=O)CC1(CN)CCC1. The lowest BCUT2D eigenvalue weighted by Gasteiger charge is -2.40. The molecule has 0 radical (unpaired) electrons. The number of halogens is 3. The Hall–Kier alpha value is -1.36. The molecule has 0 spiro atoms. The molecule has 0 aliphatic heterocycles. The Balaban J connectivity index is 2.19. The number of rotatable bonds is 4. The third kappa shape index (κ3) is 2.87. The molecule has 0 aromatic heterocycles. The minimum absolute atomic E-state index is 0.110. The van der Waals surface area contributed by atoms with Crippen molar-refractivity contribution in [3.63, 3.8) is 0 Å². The lowest BCUT2D eigenvalue weighted by atomic mass is 9.65. The van der Waals surface area contributed by atoms with Crippen molar-refractivity contribution >= 4 is 5.78 Å². The molecule has 2 N–H and O–H groups in total. The van der Waals surface area contributed by atoms with Crippen LogP contribution in [-0.4, -0.2) is 12.3 Å². The Morgan fingerprint density at radius 1 is 1.35 bits per heavy atom. The third-order valence-corrected chi connectivity index (χ3v) is 4.24. The lowest BCUT2D eigenvalue weighted by molar-refractivity contribution is -0.137. The predicted molar refractivity (Wildman–Crippen MR) is 70.5 cm³/mol. The number of carbonyl (C=O) groups excluding carboxylic acids is 1. The zero-order valence-corrected chi connectivity index (χ0v) is 11.4. The van der Waals surface area contributed by atoms with E-state index >= 15 is 0 Å². The summed E-state index contributed by atoms with van der Waals surface area (Å²) in [6.07, 6.45) is -1.13. The van der Waals surface area contributed by atoms with E-state index in [0.29, 0.717) is 24.1 Å². The van der Waals surface area contributed by atoms with Gasteiger partial charge in [0.25, 0.3) is 0 Å². The Bertz CT molecular complexity index is 513. The van der Waals surface area contributed by atoms with Crippen molar-refractivity contribution in [1.29, 1.82) is 0 Å². The van der Waals surface area contributed by atoms with Crippen LogP contribution >= 0.6 is 0 Å². The summed E-state index contributed by atoms with van der Waals surface area (Å²) in [6.45, 7) is 2.00. The maximum absolute atomic E-state index is 12.6. The molecule has 0 heterocycles. The fourth-order valence-electron chi connectivity index (χ4n) is 2.72. The molecule has 1 aliphatic rings. The molecular weight excluding hydrogens is 267 g/mol. The zero-order valence-electron chi connectivity index (χ0n) is 11.4. The zero-order chi connectivity index (χ0) is 15.0. The van der Waals surface area contributed by atoms with Gasteiger partial charge in [-0.15, -0.1) is 0 Å². The highest BCUT2D eigenvalue weighted by atomic mass is 19.4. The van der Waals surface area contributed by atoms with Gasteiger partial charge in [0.15, 0.2) is 5.78 Å². The molecule has 1 aromatic carbocycles. The summed E-state index contributed by atoms with van der Waals surface area (Å²) in [7, 11) is 0. The van der Waals surface area contributed by atoms with Gasteiger partial charge >= 0.3 is 6.18 Å². The first-order chi connectivity index (χ1) is 9.27. The highest BCUT2D eigenvalue weighted by Crippen LogP contribution is 2.44. The first-order valence-corrected chi connectivity index (χ1v) is 6.69. The number of carbonyl (C=O) groups is 1. The molecule has 1 aliphatic carbocycles. The van der Waals surface area contributed by atoms with Gasteiger partial charge in [-0.2, -0.15) is 13.2 Å². The summed E-state index contributed by atoms with van der Waals surface area (Å²) in [5, 5.41) is 0. The van der Waals surface area contributed by atoms with E-state index < -0.39 is 11.7 Å². The Morgan fingerprint density at radius 3 is 2.40 bits per heavy atom. The molecule has 1 aromatic rings. The molecule has 1 fully saturated rings. The van der Waals surface area contributed by atoms with Crippen LogP contribution < -0.4 is 5.73 Å². The van der Waals surface area contributed by atoms with Gasteiger partial charge in [0.2, 0.25) is 0 Å². The van der Waals surface area contributed by atoms with Crippen molar-refractivity contribution in [1.82, 2.24) is 0 Å². The van der Waals surface area contributed by atoms with E-state index in [4.69, 9.17) is 5.73 Å². The van der Waals surface area contributed by atoms with Crippen molar-refractivity contribution in [3.05, 3.63) is 34.9 Å². The van der Waals surface area contributed by atoms with Gasteiger partial charge < -0.3 is 5.73 Å². The monoisotopic (exact) mass is 285 g/mol. The van der Waals surface area contributed by atoms with Crippen LogP contribution in [-0.2, 0) is 6.18 Å². The fourth-order valence-corrected chi connectivity index (χ4v) is 2.72. The summed E-state index contributed by atoms with van der Waals surface area (Å²) < 4.78 is 37.8. The second kappa shape index (κ2) is 5.20. The second-order valence-corrected chi connectivity index (χ2v) is 5.69. The number of Topliss-reactive ketones (excluding diaryl/α,β-unsaturated/α-hetero) is 1. The smallest absolute Gasteiger partial charge is 0.330 e. The lowest BCUT2D eigenvalue weighted by Crippen LogP contribution is -2.39. The van der Waals surface area contributed by atoms with Gasteiger partial charge in [-0.3, -0.25) is 4.79 Å². The average molecular weight is 285 g/mol. The molecule has 2 nitrogen and oxygen atoms in total. The van der Waals surface area contributed by atoms with Crippen molar-refractivity contribution in [2.75, 3.05) is 6.54 Å². The van der Waals surface area contributed by atoms with Gasteiger partial charge in [-0.1, -0.05) is 12.5 Å². The van der Waals surface area contributed by atoms with E-state index in [1.54, 1.807) is 6.92 Å². The Morgan fingerprint density at radius 2 is 2.00 bits per heavy atom. The molecule has 2 rings (SSSR count). The standard InChI is InChI=1S/C15H18F3NO/c1-10-7-11(15(16,17)18)3-4-12(10)13(20)8-14(9-19)5-2-6-14/h3-4,7H,2,5-6,8-9,19H2,1H3. The van der Waals surface area contributed by atoms with Gasteiger partial charge in [-0.25, -0.2) is 0 Å². The number of alkyl halides is 3. The predicted octanol–water partition coefficient (Wildman–Crippen LogP) is 3.72. The number of aryl methyl sites for hydroxylation is 1.